The van der Waals surface area contributed by atoms with Gasteiger partial charge >= 0.3 is 0 Å². The van der Waals surface area contributed by atoms with E-state index in [2.05, 4.69) is 30.6 Å². The molecule has 0 saturated carbocycles. The molecular formula is C16H19NOS. The van der Waals surface area contributed by atoms with E-state index < -0.39 is 0 Å². The number of thioether (sulfide) groups is 1. The van der Waals surface area contributed by atoms with Crippen LogP contribution >= 0.6 is 11.8 Å². The molecule has 0 aliphatic heterocycles. The zero-order valence-electron chi connectivity index (χ0n) is 11.3. The predicted octanol–water partition coefficient (Wildman–Crippen LogP) is 4.68. The summed E-state index contributed by atoms with van der Waals surface area (Å²) in [6.45, 7) is 2.12. The van der Waals surface area contributed by atoms with Crippen molar-refractivity contribution in [2.45, 2.75) is 24.3 Å². The molecule has 1 unspecified atom stereocenters. The maximum absolute atomic E-state index is 9.97. The normalized spacial score (nSPS) is 12.1. The van der Waals surface area contributed by atoms with Gasteiger partial charge in [0.1, 0.15) is 5.75 Å². The minimum atomic E-state index is 0.120. The molecule has 2 rings (SSSR count). The second-order valence-corrected chi connectivity index (χ2v) is 5.21. The molecular weight excluding hydrogens is 254 g/mol. The van der Waals surface area contributed by atoms with E-state index in [1.807, 2.05) is 30.3 Å². The van der Waals surface area contributed by atoms with E-state index in [-0.39, 0.29) is 6.04 Å². The van der Waals surface area contributed by atoms with Gasteiger partial charge in [0.25, 0.3) is 0 Å². The summed E-state index contributed by atoms with van der Waals surface area (Å²) >= 11 is 1.72. The van der Waals surface area contributed by atoms with E-state index >= 15 is 0 Å². The van der Waals surface area contributed by atoms with Crippen LogP contribution in [-0.2, 0) is 0 Å². The molecule has 1 atom stereocenters. The Labute approximate surface area is 118 Å². The van der Waals surface area contributed by atoms with Crippen molar-refractivity contribution in [2.24, 2.45) is 0 Å². The van der Waals surface area contributed by atoms with Crippen LogP contribution in [0.4, 0.5) is 5.69 Å². The highest BCUT2D eigenvalue weighted by Crippen LogP contribution is 2.32. The van der Waals surface area contributed by atoms with Crippen molar-refractivity contribution in [3.05, 3.63) is 54.1 Å². The maximum atomic E-state index is 9.97. The van der Waals surface area contributed by atoms with E-state index in [1.165, 1.54) is 4.90 Å². The van der Waals surface area contributed by atoms with Gasteiger partial charge in [-0.05, 0) is 30.9 Å². The Morgan fingerprint density at radius 2 is 1.79 bits per heavy atom. The third-order valence-electron chi connectivity index (χ3n) is 3.16. The highest BCUT2D eigenvalue weighted by molar-refractivity contribution is 7.98. The van der Waals surface area contributed by atoms with Crippen LogP contribution in [0.25, 0.3) is 0 Å². The first-order valence-electron chi connectivity index (χ1n) is 6.43. The minimum Gasteiger partial charge on any atom is -0.508 e. The van der Waals surface area contributed by atoms with Crippen LogP contribution in [0.2, 0.25) is 0 Å². The number of benzene rings is 2. The molecule has 2 N–H and O–H groups in total. The molecule has 19 heavy (non-hydrogen) atoms. The molecule has 0 saturated heterocycles. The van der Waals surface area contributed by atoms with Gasteiger partial charge in [-0.25, -0.2) is 0 Å². The highest BCUT2D eigenvalue weighted by atomic mass is 32.2. The fourth-order valence-electron chi connectivity index (χ4n) is 2.13. The van der Waals surface area contributed by atoms with E-state index in [0.717, 1.165) is 17.7 Å². The molecule has 0 aromatic heterocycles. The maximum Gasteiger partial charge on any atom is 0.120 e. The summed E-state index contributed by atoms with van der Waals surface area (Å²) in [6.07, 6.45) is 2.99. The zero-order chi connectivity index (χ0) is 13.7. The van der Waals surface area contributed by atoms with Gasteiger partial charge in [-0.15, -0.1) is 11.8 Å². The molecule has 2 aromatic rings. The number of anilines is 1. The first kappa shape index (κ1) is 13.8. The summed E-state index contributed by atoms with van der Waals surface area (Å²) in [7, 11) is 0. The molecule has 0 aliphatic carbocycles. The van der Waals surface area contributed by atoms with E-state index in [1.54, 1.807) is 17.8 Å². The lowest BCUT2D eigenvalue weighted by atomic mass is 10.0. The van der Waals surface area contributed by atoms with Gasteiger partial charge in [-0.3, -0.25) is 0 Å². The lowest BCUT2D eigenvalue weighted by molar-refractivity contribution is 0.462. The Morgan fingerprint density at radius 3 is 2.47 bits per heavy atom. The molecule has 0 aliphatic rings. The number of phenolic OH excluding ortho intramolecular Hbond substituents is 1. The number of aromatic hydroxyl groups is 1. The van der Waals surface area contributed by atoms with Crippen molar-refractivity contribution >= 4 is 17.4 Å². The summed E-state index contributed by atoms with van der Waals surface area (Å²) < 4.78 is 0. The molecule has 2 nitrogen and oxygen atoms in total. The van der Waals surface area contributed by atoms with E-state index in [0.29, 0.717) is 5.75 Å². The molecule has 0 heterocycles. The molecule has 3 heteroatoms. The van der Waals surface area contributed by atoms with Gasteiger partial charge in [-0.1, -0.05) is 37.3 Å². The van der Waals surface area contributed by atoms with Crippen molar-refractivity contribution in [3.63, 3.8) is 0 Å². The molecule has 2 aromatic carbocycles. The molecule has 0 amide bonds. The fraction of sp³-hybridized carbons (Fsp3) is 0.250. The zero-order valence-corrected chi connectivity index (χ0v) is 12.1. The van der Waals surface area contributed by atoms with Crippen molar-refractivity contribution in [1.82, 2.24) is 0 Å². The Morgan fingerprint density at radius 1 is 1.11 bits per heavy atom. The second-order valence-electron chi connectivity index (χ2n) is 4.36. The standard InChI is InChI=1S/C16H19NOS/c1-3-13(12-8-4-6-10-15(12)18)17-14-9-5-7-11-16(14)19-2/h4-11,13,17-18H,3H2,1-2H3. The predicted molar refractivity (Wildman–Crippen MR) is 83.0 cm³/mol. The third-order valence-corrected chi connectivity index (χ3v) is 3.95. The first-order valence-corrected chi connectivity index (χ1v) is 7.66. The summed E-state index contributed by atoms with van der Waals surface area (Å²) in [4.78, 5) is 1.22. The SMILES string of the molecule is CCC(Nc1ccccc1SC)c1ccccc1O. The average molecular weight is 273 g/mol. The fourth-order valence-corrected chi connectivity index (χ4v) is 2.70. The smallest absolute Gasteiger partial charge is 0.120 e. The van der Waals surface area contributed by atoms with E-state index in [9.17, 15) is 5.11 Å². The Bertz CT molecular complexity index is 542. The van der Waals surface area contributed by atoms with Crippen molar-refractivity contribution < 1.29 is 5.11 Å². The Balaban J connectivity index is 2.27. The third kappa shape index (κ3) is 3.24. The van der Waals surface area contributed by atoms with Crippen LogP contribution in [-0.4, -0.2) is 11.4 Å². The van der Waals surface area contributed by atoms with Crippen LogP contribution < -0.4 is 5.32 Å². The largest absolute Gasteiger partial charge is 0.508 e. The molecule has 100 valence electrons. The van der Waals surface area contributed by atoms with Crippen molar-refractivity contribution in [3.8, 4) is 5.75 Å². The van der Waals surface area contributed by atoms with Crippen LogP contribution in [0.5, 0.6) is 5.75 Å². The van der Waals surface area contributed by atoms with E-state index in [4.69, 9.17) is 0 Å². The number of hydrogen-bond donors (Lipinski definition) is 2. The summed E-state index contributed by atoms with van der Waals surface area (Å²) in [5.41, 5.74) is 2.06. The summed E-state index contributed by atoms with van der Waals surface area (Å²) in [5.74, 6) is 0.350. The topological polar surface area (TPSA) is 32.3 Å². The van der Waals surface area contributed by atoms with Gasteiger partial charge in [0.15, 0.2) is 0 Å². The molecule has 0 bridgehead atoms. The first-order chi connectivity index (χ1) is 9.26. The Kier molecular flexibility index (Phi) is 4.74. The lowest BCUT2D eigenvalue weighted by Gasteiger charge is -2.21. The van der Waals surface area contributed by atoms with Crippen LogP contribution in [0.1, 0.15) is 24.9 Å². The van der Waals surface area contributed by atoms with Gasteiger partial charge in [-0.2, -0.15) is 0 Å². The van der Waals surface area contributed by atoms with Crippen molar-refractivity contribution in [1.29, 1.82) is 0 Å². The van der Waals surface area contributed by atoms with Gasteiger partial charge < -0.3 is 10.4 Å². The number of para-hydroxylation sites is 2. The minimum absolute atomic E-state index is 0.120. The molecule has 0 fully saturated rings. The number of nitrogens with one attached hydrogen (secondary N) is 1. The number of rotatable bonds is 5. The van der Waals surface area contributed by atoms with Gasteiger partial charge in [0, 0.05) is 16.1 Å². The average Bonchev–Trinajstić information content (AvgIpc) is 2.46. The molecule has 0 radical (unpaired) electrons. The quantitative estimate of drug-likeness (QED) is 0.776. The monoisotopic (exact) mass is 273 g/mol. The lowest BCUT2D eigenvalue weighted by Crippen LogP contribution is -2.10. The Hall–Kier alpha value is -1.61. The summed E-state index contributed by atoms with van der Waals surface area (Å²) in [5, 5.41) is 13.5. The van der Waals surface area contributed by atoms with Gasteiger partial charge in [0.05, 0.1) is 6.04 Å². The number of hydrogen-bond acceptors (Lipinski definition) is 3. The number of phenols is 1. The molecule has 0 spiro atoms. The highest BCUT2D eigenvalue weighted by Gasteiger charge is 2.14. The second kappa shape index (κ2) is 6.53. The van der Waals surface area contributed by atoms with Crippen LogP contribution in [0.3, 0.4) is 0 Å². The van der Waals surface area contributed by atoms with Crippen LogP contribution in [0, 0.1) is 0 Å². The summed E-state index contributed by atoms with van der Waals surface area (Å²) in [6, 6.07) is 15.9. The van der Waals surface area contributed by atoms with Gasteiger partial charge in [0.2, 0.25) is 0 Å². The van der Waals surface area contributed by atoms with Crippen LogP contribution in [0.15, 0.2) is 53.4 Å². The van der Waals surface area contributed by atoms with Crippen molar-refractivity contribution in [2.75, 3.05) is 11.6 Å².